The summed E-state index contributed by atoms with van der Waals surface area (Å²) in [6.07, 6.45) is -1.16. The maximum Gasteiger partial charge on any atom is 0.164 e. The second-order valence-electron chi connectivity index (χ2n) is 6.50. The van der Waals surface area contributed by atoms with Crippen molar-refractivity contribution in [1.29, 1.82) is 0 Å². The zero-order valence-electron chi connectivity index (χ0n) is 15.0. The maximum absolute atomic E-state index is 13.4. The molecule has 2 atom stereocenters. The Morgan fingerprint density at radius 2 is 1.81 bits per heavy atom. The number of hydrogen-bond donors (Lipinski definition) is 2. The second kappa shape index (κ2) is 7.64. The van der Waals surface area contributed by atoms with Crippen LogP contribution in [0.2, 0.25) is 0 Å². The van der Waals surface area contributed by atoms with Crippen molar-refractivity contribution >= 4 is 21.6 Å². The highest BCUT2D eigenvalue weighted by atomic mass is 79.9. The lowest BCUT2D eigenvalue weighted by Crippen LogP contribution is -2.48. The van der Waals surface area contributed by atoms with Crippen LogP contribution in [0.5, 0.6) is 0 Å². The highest BCUT2D eigenvalue weighted by molar-refractivity contribution is 9.10. The Labute approximate surface area is 162 Å². The predicted molar refractivity (Wildman–Crippen MR) is 105 cm³/mol. The van der Waals surface area contributed by atoms with Crippen molar-refractivity contribution in [3.8, 4) is 0 Å². The van der Waals surface area contributed by atoms with Crippen LogP contribution in [0.3, 0.4) is 0 Å². The molecule has 2 N–H and O–H groups in total. The third-order valence-electron chi connectivity index (χ3n) is 5.19. The Kier molecular flexibility index (Phi) is 5.67. The first-order valence-corrected chi connectivity index (χ1v) is 9.67. The zero-order valence-corrected chi connectivity index (χ0v) is 16.6. The van der Waals surface area contributed by atoms with Gasteiger partial charge >= 0.3 is 0 Å². The minimum atomic E-state index is -1.63. The van der Waals surface area contributed by atoms with E-state index in [1.54, 1.807) is 0 Å². The molecule has 1 aliphatic heterocycles. The minimum absolute atomic E-state index is 0.379. The van der Waals surface area contributed by atoms with Gasteiger partial charge in [0.05, 0.1) is 0 Å². The molecule has 3 rings (SSSR count). The van der Waals surface area contributed by atoms with Gasteiger partial charge in [-0.2, -0.15) is 0 Å². The smallest absolute Gasteiger partial charge is 0.164 e. The largest absolute Gasteiger partial charge is 0.375 e. The lowest BCUT2D eigenvalue weighted by atomic mass is 9.87. The Bertz CT molecular complexity index is 767. The topological polar surface area (TPSA) is 46.9 Å². The van der Waals surface area contributed by atoms with Crippen LogP contribution in [0.15, 0.2) is 46.9 Å². The first-order valence-electron chi connectivity index (χ1n) is 8.87. The van der Waals surface area contributed by atoms with Gasteiger partial charge in [0.15, 0.2) is 11.8 Å². The monoisotopic (exact) mass is 422 g/mol. The Balaban J connectivity index is 2.03. The average Bonchev–Trinajstić information content (AvgIpc) is 2.86. The molecule has 6 heteroatoms. The Morgan fingerprint density at radius 1 is 1.15 bits per heavy atom. The third kappa shape index (κ3) is 3.16. The van der Waals surface area contributed by atoms with Gasteiger partial charge < -0.3 is 20.0 Å². The van der Waals surface area contributed by atoms with Crippen molar-refractivity contribution in [3.05, 3.63) is 63.9 Å². The molecular weight excluding hydrogens is 399 g/mol. The van der Waals surface area contributed by atoms with Gasteiger partial charge in [0.2, 0.25) is 0 Å². The molecule has 0 amide bonds. The molecule has 2 aromatic carbocycles. The number of benzene rings is 2. The first kappa shape index (κ1) is 19.3. The van der Waals surface area contributed by atoms with Crippen LogP contribution >= 0.6 is 15.9 Å². The molecule has 2 unspecified atom stereocenters. The molecule has 0 saturated heterocycles. The van der Waals surface area contributed by atoms with E-state index in [1.165, 1.54) is 24.3 Å². The molecule has 0 bridgehead atoms. The fourth-order valence-electron chi connectivity index (χ4n) is 3.64. The van der Waals surface area contributed by atoms with Crippen LogP contribution in [0.1, 0.15) is 25.0 Å². The van der Waals surface area contributed by atoms with Crippen LogP contribution in [-0.4, -0.2) is 47.5 Å². The molecule has 0 aromatic heterocycles. The van der Waals surface area contributed by atoms with Crippen molar-refractivity contribution < 1.29 is 14.6 Å². The summed E-state index contributed by atoms with van der Waals surface area (Å²) < 4.78 is 14.1. The molecule has 0 fully saturated rings. The number of rotatable bonds is 6. The molecule has 140 valence electrons. The fourth-order valence-corrected chi connectivity index (χ4v) is 4.30. The van der Waals surface area contributed by atoms with Crippen molar-refractivity contribution in [2.45, 2.75) is 25.7 Å². The summed E-state index contributed by atoms with van der Waals surface area (Å²) in [5.74, 6) is -0.379. The van der Waals surface area contributed by atoms with Crippen molar-refractivity contribution in [1.82, 2.24) is 4.90 Å². The molecule has 26 heavy (non-hydrogen) atoms. The lowest BCUT2D eigenvalue weighted by Gasteiger charge is -2.33. The fraction of sp³-hybridized carbons (Fsp3) is 0.400. The van der Waals surface area contributed by atoms with E-state index in [-0.39, 0.29) is 5.82 Å². The van der Waals surface area contributed by atoms with E-state index in [2.05, 4.69) is 34.7 Å². The highest BCUT2D eigenvalue weighted by Crippen LogP contribution is 2.49. The van der Waals surface area contributed by atoms with Gasteiger partial charge in [0.25, 0.3) is 0 Å². The number of aliphatic hydroxyl groups excluding tert-OH is 1. The van der Waals surface area contributed by atoms with E-state index in [0.29, 0.717) is 22.1 Å². The summed E-state index contributed by atoms with van der Waals surface area (Å²) in [7, 11) is 0. The van der Waals surface area contributed by atoms with Gasteiger partial charge in [-0.15, -0.1) is 0 Å². The maximum atomic E-state index is 13.4. The van der Waals surface area contributed by atoms with Gasteiger partial charge in [0.1, 0.15) is 5.82 Å². The minimum Gasteiger partial charge on any atom is -0.375 e. The van der Waals surface area contributed by atoms with Gasteiger partial charge in [0, 0.05) is 28.8 Å². The van der Waals surface area contributed by atoms with Gasteiger partial charge in [-0.1, -0.05) is 48.0 Å². The third-order valence-corrected chi connectivity index (χ3v) is 5.85. The molecule has 0 radical (unpaired) electrons. The van der Waals surface area contributed by atoms with E-state index in [9.17, 15) is 14.6 Å². The lowest BCUT2D eigenvalue weighted by molar-refractivity contribution is -0.0392. The number of anilines is 1. The molecule has 2 aromatic rings. The van der Waals surface area contributed by atoms with Crippen LogP contribution < -0.4 is 4.90 Å². The van der Waals surface area contributed by atoms with Crippen LogP contribution in [0, 0.1) is 5.82 Å². The summed E-state index contributed by atoms with van der Waals surface area (Å²) >= 11 is 3.51. The molecule has 4 nitrogen and oxygen atoms in total. The number of fused-ring (bicyclic) bond motifs is 1. The van der Waals surface area contributed by atoms with E-state index >= 15 is 0 Å². The van der Waals surface area contributed by atoms with E-state index < -0.39 is 11.8 Å². The second-order valence-corrected chi connectivity index (χ2v) is 7.36. The molecule has 1 heterocycles. The molecule has 0 aliphatic carbocycles. The number of halogens is 2. The average molecular weight is 423 g/mol. The molecule has 1 aliphatic rings. The van der Waals surface area contributed by atoms with Gasteiger partial charge in [-0.3, -0.25) is 0 Å². The first-order chi connectivity index (χ1) is 12.4. The SMILES string of the molecule is CCN(CC)CCN1c2cccc(Br)c2C(O)(c2ccc(F)cc2)C1O. The van der Waals surface area contributed by atoms with E-state index in [1.807, 2.05) is 23.1 Å². The summed E-state index contributed by atoms with van der Waals surface area (Å²) in [6, 6.07) is 11.3. The number of likely N-dealkylation sites (N-methyl/N-ethyl adjacent to an activating group) is 1. The Morgan fingerprint density at radius 3 is 2.42 bits per heavy atom. The number of aliphatic hydroxyl groups is 2. The molecule has 0 saturated carbocycles. The van der Waals surface area contributed by atoms with Gasteiger partial charge in [-0.05, 0) is 42.9 Å². The van der Waals surface area contributed by atoms with Crippen LogP contribution in [0.4, 0.5) is 10.1 Å². The van der Waals surface area contributed by atoms with Crippen molar-refractivity contribution in [2.75, 3.05) is 31.1 Å². The highest BCUT2D eigenvalue weighted by Gasteiger charge is 2.51. The van der Waals surface area contributed by atoms with E-state index in [0.717, 1.165) is 25.3 Å². The standard InChI is InChI=1S/C20H24BrFN2O2/c1-3-23(4-2)12-13-24-17-7-5-6-16(21)18(17)20(26,19(24)25)14-8-10-15(22)11-9-14/h5-11,19,25-26H,3-4,12-13H2,1-2H3. The van der Waals surface area contributed by atoms with Crippen molar-refractivity contribution in [2.24, 2.45) is 0 Å². The quantitative estimate of drug-likeness (QED) is 0.749. The van der Waals surface area contributed by atoms with Crippen molar-refractivity contribution in [3.63, 3.8) is 0 Å². The van der Waals surface area contributed by atoms with E-state index in [4.69, 9.17) is 0 Å². The van der Waals surface area contributed by atoms with Gasteiger partial charge in [-0.25, -0.2) is 4.39 Å². The zero-order chi connectivity index (χ0) is 18.9. The summed E-state index contributed by atoms with van der Waals surface area (Å²) in [5, 5.41) is 22.6. The summed E-state index contributed by atoms with van der Waals surface area (Å²) in [6.45, 7) is 7.40. The van der Waals surface area contributed by atoms with Crippen LogP contribution in [-0.2, 0) is 5.60 Å². The summed E-state index contributed by atoms with van der Waals surface area (Å²) in [4.78, 5) is 4.08. The Hall–Kier alpha value is -1.47. The normalized spacial score (nSPS) is 22.1. The predicted octanol–water partition coefficient (Wildman–Crippen LogP) is 3.30. The van der Waals surface area contributed by atoms with Crippen LogP contribution in [0.25, 0.3) is 0 Å². The number of nitrogens with zero attached hydrogens (tertiary/aromatic N) is 2. The number of hydrogen-bond acceptors (Lipinski definition) is 4. The molecule has 0 spiro atoms. The summed E-state index contributed by atoms with van der Waals surface area (Å²) in [5.41, 5.74) is 0.223. The molecular formula is C20H24BrFN2O2.